The van der Waals surface area contributed by atoms with Crippen molar-refractivity contribution in [3.8, 4) is 11.4 Å². The van der Waals surface area contributed by atoms with E-state index < -0.39 is 0 Å². The number of carbonyl (C=O) groups excluding carboxylic acids is 1. The SMILES string of the molecule is Cc1ccc(SCCNC(=O)CSc2nnc(-c3ccc(Cl)cc3Cl)n2N)cc1. The molecule has 1 aromatic heterocycles. The van der Waals surface area contributed by atoms with E-state index >= 15 is 0 Å². The lowest BCUT2D eigenvalue weighted by Gasteiger charge is -2.07. The van der Waals surface area contributed by atoms with Crippen molar-refractivity contribution in [3.63, 3.8) is 0 Å². The molecule has 0 saturated carbocycles. The fourth-order valence-corrected chi connectivity index (χ4v) is 4.35. The maximum Gasteiger partial charge on any atom is 0.230 e. The molecule has 2 aromatic carbocycles. The largest absolute Gasteiger partial charge is 0.355 e. The number of halogens is 2. The van der Waals surface area contributed by atoms with E-state index in [-0.39, 0.29) is 11.7 Å². The van der Waals surface area contributed by atoms with Gasteiger partial charge in [0.2, 0.25) is 11.1 Å². The van der Waals surface area contributed by atoms with E-state index in [1.54, 1.807) is 30.0 Å². The van der Waals surface area contributed by atoms with E-state index in [0.29, 0.717) is 33.1 Å². The second-order valence-electron chi connectivity index (χ2n) is 6.10. The summed E-state index contributed by atoms with van der Waals surface area (Å²) in [4.78, 5) is 13.3. The molecule has 0 unspecified atom stereocenters. The van der Waals surface area contributed by atoms with Crippen LogP contribution in [0.2, 0.25) is 10.0 Å². The zero-order valence-corrected chi connectivity index (χ0v) is 18.7. The molecule has 0 fully saturated rings. The van der Waals surface area contributed by atoms with Gasteiger partial charge in [0.1, 0.15) is 0 Å². The molecule has 1 heterocycles. The molecule has 6 nitrogen and oxygen atoms in total. The molecule has 29 heavy (non-hydrogen) atoms. The molecule has 1 amide bonds. The van der Waals surface area contributed by atoms with Crippen LogP contribution < -0.4 is 11.2 Å². The lowest BCUT2D eigenvalue weighted by molar-refractivity contribution is -0.118. The van der Waals surface area contributed by atoms with Crippen LogP contribution in [0.5, 0.6) is 0 Å². The summed E-state index contributed by atoms with van der Waals surface area (Å²) in [6, 6.07) is 13.4. The summed E-state index contributed by atoms with van der Waals surface area (Å²) in [6.07, 6.45) is 0. The number of nitrogen functional groups attached to an aromatic ring is 1. The fourth-order valence-electron chi connectivity index (χ4n) is 2.40. The molecule has 0 atom stereocenters. The molecule has 0 radical (unpaired) electrons. The summed E-state index contributed by atoms with van der Waals surface area (Å²) in [7, 11) is 0. The van der Waals surface area contributed by atoms with Crippen LogP contribution in [0.15, 0.2) is 52.5 Å². The van der Waals surface area contributed by atoms with Gasteiger partial charge in [0.15, 0.2) is 5.82 Å². The minimum Gasteiger partial charge on any atom is -0.355 e. The summed E-state index contributed by atoms with van der Waals surface area (Å²) in [5.74, 6) is 7.38. The molecule has 0 saturated heterocycles. The number of nitrogens with one attached hydrogen (secondary N) is 1. The van der Waals surface area contributed by atoms with Gasteiger partial charge in [0, 0.05) is 27.8 Å². The first-order valence-corrected chi connectivity index (χ1v) is 11.4. The number of aryl methyl sites for hydroxylation is 1. The lowest BCUT2D eigenvalue weighted by Crippen LogP contribution is -2.27. The molecule has 3 N–H and O–H groups in total. The molecule has 0 aliphatic heterocycles. The van der Waals surface area contributed by atoms with E-state index in [1.165, 1.54) is 26.9 Å². The predicted molar refractivity (Wildman–Crippen MR) is 121 cm³/mol. The first-order chi connectivity index (χ1) is 13.9. The van der Waals surface area contributed by atoms with Gasteiger partial charge in [-0.1, -0.05) is 52.7 Å². The van der Waals surface area contributed by atoms with Crippen LogP contribution in [-0.2, 0) is 4.79 Å². The van der Waals surface area contributed by atoms with Gasteiger partial charge in [0.25, 0.3) is 0 Å². The van der Waals surface area contributed by atoms with Crippen molar-refractivity contribution in [1.29, 1.82) is 0 Å². The van der Waals surface area contributed by atoms with Gasteiger partial charge < -0.3 is 11.2 Å². The van der Waals surface area contributed by atoms with E-state index in [2.05, 4.69) is 46.7 Å². The van der Waals surface area contributed by atoms with E-state index in [9.17, 15) is 4.79 Å². The Labute approximate surface area is 187 Å². The standard InChI is InChI=1S/C19H19Cl2N5OS2/c1-12-2-5-14(6-3-12)28-9-8-23-17(27)11-29-19-25-24-18(26(19)22)15-7-4-13(20)10-16(15)21/h2-7,10H,8-9,11,22H2,1H3,(H,23,27). The number of carbonyl (C=O) groups is 1. The Morgan fingerprint density at radius 3 is 2.62 bits per heavy atom. The third-order valence-corrected chi connectivity index (χ3v) is 6.39. The Balaban J connectivity index is 1.46. The van der Waals surface area contributed by atoms with E-state index in [0.717, 1.165) is 5.75 Å². The van der Waals surface area contributed by atoms with Crippen molar-refractivity contribution < 1.29 is 4.79 Å². The molecule has 0 bridgehead atoms. The van der Waals surface area contributed by atoms with Crippen LogP contribution in [0, 0.1) is 6.92 Å². The molecule has 10 heteroatoms. The number of nitrogens with zero attached hydrogens (tertiary/aromatic N) is 3. The van der Waals surface area contributed by atoms with Crippen LogP contribution in [0.25, 0.3) is 11.4 Å². The van der Waals surface area contributed by atoms with Crippen molar-refractivity contribution in [2.24, 2.45) is 0 Å². The average Bonchev–Trinajstić information content (AvgIpc) is 3.05. The monoisotopic (exact) mass is 467 g/mol. The number of hydrogen-bond donors (Lipinski definition) is 2. The summed E-state index contributed by atoms with van der Waals surface area (Å²) < 4.78 is 1.32. The maximum absolute atomic E-state index is 12.1. The highest BCUT2D eigenvalue weighted by Crippen LogP contribution is 2.30. The summed E-state index contributed by atoms with van der Waals surface area (Å²) in [6.45, 7) is 2.64. The quantitative estimate of drug-likeness (QED) is 0.292. The molecule has 3 rings (SSSR count). The Bertz CT molecular complexity index is 995. The topological polar surface area (TPSA) is 85.8 Å². The predicted octanol–water partition coefficient (Wildman–Crippen LogP) is 4.27. The second kappa shape index (κ2) is 10.2. The second-order valence-corrected chi connectivity index (χ2v) is 9.05. The normalized spacial score (nSPS) is 10.9. The van der Waals surface area contributed by atoms with Gasteiger partial charge in [-0.05, 0) is 37.3 Å². The smallest absolute Gasteiger partial charge is 0.230 e. The number of hydrogen-bond acceptors (Lipinski definition) is 6. The van der Waals surface area contributed by atoms with Crippen LogP contribution in [-0.4, -0.2) is 38.8 Å². The molecular formula is C19H19Cl2N5OS2. The molecular weight excluding hydrogens is 449 g/mol. The molecule has 0 aliphatic carbocycles. The van der Waals surface area contributed by atoms with Crippen LogP contribution in [0.1, 0.15) is 5.56 Å². The van der Waals surface area contributed by atoms with Gasteiger partial charge in [-0.2, -0.15) is 0 Å². The molecule has 0 aliphatic rings. The number of thioether (sulfide) groups is 2. The zero-order valence-electron chi connectivity index (χ0n) is 15.6. The molecule has 152 valence electrons. The summed E-state index contributed by atoms with van der Waals surface area (Å²) in [5.41, 5.74) is 1.85. The summed E-state index contributed by atoms with van der Waals surface area (Å²) in [5, 5.41) is 12.4. The van der Waals surface area contributed by atoms with Crippen LogP contribution in [0.4, 0.5) is 0 Å². The van der Waals surface area contributed by atoms with Crippen LogP contribution >= 0.6 is 46.7 Å². The third-order valence-electron chi connectivity index (χ3n) is 3.88. The number of amides is 1. The molecule has 3 aromatic rings. The van der Waals surface area contributed by atoms with Crippen molar-refractivity contribution in [2.45, 2.75) is 17.0 Å². The van der Waals surface area contributed by atoms with Crippen LogP contribution in [0.3, 0.4) is 0 Å². The van der Waals surface area contributed by atoms with Gasteiger partial charge in [-0.3, -0.25) is 4.79 Å². The summed E-state index contributed by atoms with van der Waals surface area (Å²) >= 11 is 15.0. The highest BCUT2D eigenvalue weighted by Gasteiger charge is 2.16. The number of rotatable bonds is 8. The highest BCUT2D eigenvalue weighted by molar-refractivity contribution is 7.99. The highest BCUT2D eigenvalue weighted by atomic mass is 35.5. The van der Waals surface area contributed by atoms with Gasteiger partial charge >= 0.3 is 0 Å². The van der Waals surface area contributed by atoms with Gasteiger partial charge in [0.05, 0.1) is 10.8 Å². The first kappa shape index (κ1) is 21.8. The maximum atomic E-state index is 12.1. The van der Waals surface area contributed by atoms with E-state index in [4.69, 9.17) is 29.0 Å². The Hall–Kier alpha value is -1.87. The fraction of sp³-hybridized carbons (Fsp3) is 0.211. The van der Waals surface area contributed by atoms with Gasteiger partial charge in [-0.25, -0.2) is 4.68 Å². The number of nitrogens with two attached hydrogens (primary N) is 1. The zero-order chi connectivity index (χ0) is 20.8. The lowest BCUT2D eigenvalue weighted by atomic mass is 10.2. The Morgan fingerprint density at radius 1 is 1.14 bits per heavy atom. The third kappa shape index (κ3) is 6.05. The van der Waals surface area contributed by atoms with Crippen molar-refractivity contribution in [1.82, 2.24) is 20.2 Å². The Morgan fingerprint density at radius 2 is 1.90 bits per heavy atom. The minimum atomic E-state index is -0.0893. The molecule has 0 spiro atoms. The van der Waals surface area contributed by atoms with Crippen molar-refractivity contribution in [2.75, 3.05) is 23.9 Å². The van der Waals surface area contributed by atoms with Crippen molar-refractivity contribution in [3.05, 3.63) is 58.1 Å². The van der Waals surface area contributed by atoms with Gasteiger partial charge in [-0.15, -0.1) is 22.0 Å². The Kier molecular flexibility index (Phi) is 7.71. The van der Waals surface area contributed by atoms with Crippen molar-refractivity contribution >= 4 is 52.6 Å². The number of benzene rings is 2. The number of aromatic nitrogens is 3. The first-order valence-electron chi connectivity index (χ1n) is 8.69. The average molecular weight is 468 g/mol. The minimum absolute atomic E-state index is 0.0893. The van der Waals surface area contributed by atoms with E-state index in [1.807, 2.05) is 0 Å².